The highest BCUT2D eigenvalue weighted by molar-refractivity contribution is 5.81. The molecule has 0 saturated carbocycles. The van der Waals surface area contributed by atoms with Crippen molar-refractivity contribution >= 4 is 17.0 Å². The van der Waals surface area contributed by atoms with Gasteiger partial charge in [-0.25, -0.2) is 24.9 Å². The van der Waals surface area contributed by atoms with E-state index < -0.39 is 0 Å². The summed E-state index contributed by atoms with van der Waals surface area (Å²) in [6.45, 7) is 6.19. The Bertz CT molecular complexity index is 1160. The quantitative estimate of drug-likeness (QED) is 0.495. The molecule has 0 unspecified atom stereocenters. The number of nitrogens with zero attached hydrogens (tertiary/aromatic N) is 9. The Morgan fingerprint density at radius 2 is 1.93 bits per heavy atom. The molecule has 1 saturated heterocycles. The highest BCUT2D eigenvalue weighted by Crippen LogP contribution is 2.29. The number of hydrogen-bond donors (Lipinski definition) is 0. The van der Waals surface area contributed by atoms with E-state index in [0.29, 0.717) is 17.9 Å². The van der Waals surface area contributed by atoms with Crippen molar-refractivity contribution in [3.63, 3.8) is 0 Å². The maximum atomic E-state index is 6.26. The van der Waals surface area contributed by atoms with Crippen LogP contribution in [0.5, 0.6) is 5.88 Å². The van der Waals surface area contributed by atoms with Crippen LogP contribution in [0, 0.1) is 6.92 Å². The summed E-state index contributed by atoms with van der Waals surface area (Å²) in [7, 11) is 0. The molecular formula is C20H21N9O. The summed E-state index contributed by atoms with van der Waals surface area (Å²) in [6, 6.07) is 0. The Morgan fingerprint density at radius 3 is 2.70 bits per heavy atom. The first-order valence-electron chi connectivity index (χ1n) is 9.90. The summed E-state index contributed by atoms with van der Waals surface area (Å²) in [6.07, 6.45) is 11.1. The standard InChI is InChI=1S/C20H21N9O/c1-3-29-18(14-8-23-13(2)24-9-14)27-17-19(29)25-12-26-20(17)30-15-4-7-28(11-15)16-10-21-5-6-22-16/h5-6,8-10,12,15H,3-4,7,11H2,1-2H3/t15-/m0/s1. The molecule has 152 valence electrons. The van der Waals surface area contributed by atoms with Crippen LogP contribution in [0.1, 0.15) is 19.2 Å². The highest BCUT2D eigenvalue weighted by Gasteiger charge is 2.27. The molecule has 0 N–H and O–H groups in total. The van der Waals surface area contributed by atoms with Crippen molar-refractivity contribution in [1.82, 2.24) is 39.5 Å². The Kier molecular flexibility index (Phi) is 4.66. The van der Waals surface area contributed by atoms with Crippen molar-refractivity contribution in [3.05, 3.63) is 43.1 Å². The Balaban J connectivity index is 1.45. The molecule has 0 aromatic carbocycles. The van der Waals surface area contributed by atoms with Crippen LogP contribution in [0.4, 0.5) is 5.82 Å². The smallest absolute Gasteiger partial charge is 0.245 e. The third-order valence-electron chi connectivity index (χ3n) is 5.15. The van der Waals surface area contributed by atoms with Gasteiger partial charge in [0, 0.05) is 44.3 Å². The van der Waals surface area contributed by atoms with Gasteiger partial charge < -0.3 is 14.2 Å². The summed E-state index contributed by atoms with van der Waals surface area (Å²) in [5.74, 6) is 2.82. The normalized spacial score (nSPS) is 16.3. The summed E-state index contributed by atoms with van der Waals surface area (Å²) in [5, 5.41) is 0. The first-order chi connectivity index (χ1) is 14.7. The molecule has 1 aliphatic heterocycles. The fourth-order valence-electron chi connectivity index (χ4n) is 3.67. The number of ether oxygens (including phenoxy) is 1. The van der Waals surface area contributed by atoms with Crippen LogP contribution in [-0.2, 0) is 6.54 Å². The van der Waals surface area contributed by atoms with Gasteiger partial charge in [0.15, 0.2) is 11.2 Å². The van der Waals surface area contributed by atoms with Crippen molar-refractivity contribution in [1.29, 1.82) is 0 Å². The van der Waals surface area contributed by atoms with Gasteiger partial charge in [-0.2, -0.15) is 4.98 Å². The lowest BCUT2D eigenvalue weighted by Gasteiger charge is -2.17. The monoisotopic (exact) mass is 403 g/mol. The van der Waals surface area contributed by atoms with Gasteiger partial charge in [0.05, 0.1) is 18.3 Å². The van der Waals surface area contributed by atoms with Crippen LogP contribution >= 0.6 is 0 Å². The maximum Gasteiger partial charge on any atom is 0.245 e. The topological polar surface area (TPSA) is 108 Å². The molecular weight excluding hydrogens is 382 g/mol. The van der Waals surface area contributed by atoms with Gasteiger partial charge >= 0.3 is 0 Å². The van der Waals surface area contributed by atoms with E-state index in [2.05, 4.69) is 41.7 Å². The number of rotatable bonds is 5. The van der Waals surface area contributed by atoms with Gasteiger partial charge in [0.2, 0.25) is 5.88 Å². The molecule has 1 atom stereocenters. The first kappa shape index (κ1) is 18.3. The van der Waals surface area contributed by atoms with E-state index in [1.165, 1.54) is 6.33 Å². The molecule has 1 aliphatic rings. The first-order valence-corrected chi connectivity index (χ1v) is 9.90. The van der Waals surface area contributed by atoms with E-state index in [-0.39, 0.29) is 6.10 Å². The second-order valence-electron chi connectivity index (χ2n) is 7.09. The van der Waals surface area contributed by atoms with Crippen LogP contribution < -0.4 is 9.64 Å². The van der Waals surface area contributed by atoms with Crippen molar-refractivity contribution in [2.24, 2.45) is 0 Å². The fourth-order valence-corrected chi connectivity index (χ4v) is 3.67. The number of imidazole rings is 1. The minimum Gasteiger partial charge on any atom is -0.471 e. The molecule has 0 bridgehead atoms. The minimum atomic E-state index is -0.0111. The van der Waals surface area contributed by atoms with Crippen molar-refractivity contribution in [2.45, 2.75) is 32.9 Å². The maximum absolute atomic E-state index is 6.26. The van der Waals surface area contributed by atoms with E-state index in [4.69, 9.17) is 9.72 Å². The van der Waals surface area contributed by atoms with Crippen LogP contribution in [0.25, 0.3) is 22.6 Å². The number of hydrogen-bond acceptors (Lipinski definition) is 9. The largest absolute Gasteiger partial charge is 0.471 e. The van der Waals surface area contributed by atoms with Gasteiger partial charge in [0.25, 0.3) is 0 Å². The van der Waals surface area contributed by atoms with Crippen molar-refractivity contribution in [2.75, 3.05) is 18.0 Å². The molecule has 10 nitrogen and oxygen atoms in total. The van der Waals surface area contributed by atoms with Gasteiger partial charge in [-0.3, -0.25) is 4.98 Å². The van der Waals surface area contributed by atoms with Gasteiger partial charge in [-0.05, 0) is 13.8 Å². The number of aryl methyl sites for hydroxylation is 2. The highest BCUT2D eigenvalue weighted by atomic mass is 16.5. The summed E-state index contributed by atoms with van der Waals surface area (Å²) in [5.41, 5.74) is 2.22. The Labute approximate surface area is 173 Å². The zero-order valence-electron chi connectivity index (χ0n) is 16.8. The Hall–Kier alpha value is -3.69. The molecule has 0 spiro atoms. The van der Waals surface area contributed by atoms with Crippen molar-refractivity contribution in [3.8, 4) is 17.3 Å². The van der Waals surface area contributed by atoms with Crippen molar-refractivity contribution < 1.29 is 4.74 Å². The molecule has 30 heavy (non-hydrogen) atoms. The second kappa shape index (κ2) is 7.62. The number of fused-ring (bicyclic) bond motifs is 1. The van der Waals surface area contributed by atoms with E-state index in [1.54, 1.807) is 31.0 Å². The van der Waals surface area contributed by atoms with E-state index in [0.717, 1.165) is 48.2 Å². The molecule has 0 radical (unpaired) electrons. The lowest BCUT2D eigenvalue weighted by Crippen LogP contribution is -2.25. The predicted molar refractivity (Wildman–Crippen MR) is 110 cm³/mol. The zero-order valence-corrected chi connectivity index (χ0v) is 16.8. The van der Waals surface area contributed by atoms with E-state index >= 15 is 0 Å². The minimum absolute atomic E-state index is 0.0111. The van der Waals surface area contributed by atoms with Gasteiger partial charge in [0.1, 0.15) is 29.9 Å². The Morgan fingerprint density at radius 1 is 1.07 bits per heavy atom. The average Bonchev–Trinajstić information content (AvgIpc) is 3.40. The molecule has 5 rings (SSSR count). The summed E-state index contributed by atoms with van der Waals surface area (Å²) >= 11 is 0. The number of aromatic nitrogens is 8. The molecule has 0 amide bonds. The summed E-state index contributed by atoms with van der Waals surface area (Å²) in [4.78, 5) is 32.9. The molecule has 0 aliphatic carbocycles. The lowest BCUT2D eigenvalue weighted by molar-refractivity contribution is 0.218. The van der Waals surface area contributed by atoms with Gasteiger partial charge in [-0.1, -0.05) is 0 Å². The van der Waals surface area contributed by atoms with E-state index in [1.807, 2.05) is 11.5 Å². The van der Waals surface area contributed by atoms with Gasteiger partial charge in [-0.15, -0.1) is 0 Å². The zero-order chi connectivity index (χ0) is 20.5. The molecule has 5 heterocycles. The second-order valence-corrected chi connectivity index (χ2v) is 7.09. The molecule has 4 aromatic rings. The third kappa shape index (κ3) is 3.30. The van der Waals surface area contributed by atoms with E-state index in [9.17, 15) is 0 Å². The fraction of sp³-hybridized carbons (Fsp3) is 0.350. The van der Waals surface area contributed by atoms with Crippen LogP contribution in [0.2, 0.25) is 0 Å². The summed E-state index contributed by atoms with van der Waals surface area (Å²) < 4.78 is 8.29. The molecule has 1 fully saturated rings. The third-order valence-corrected chi connectivity index (χ3v) is 5.15. The molecule has 4 aromatic heterocycles. The average molecular weight is 403 g/mol. The SMILES string of the molecule is CCn1c(-c2cnc(C)nc2)nc2c(O[C@H]3CCN(c4cnccn4)C3)ncnc21. The van der Waals surface area contributed by atoms with Crippen LogP contribution in [0.3, 0.4) is 0 Å². The van der Waals surface area contributed by atoms with Crippen LogP contribution in [-0.4, -0.2) is 58.6 Å². The lowest BCUT2D eigenvalue weighted by atomic mass is 10.3. The van der Waals surface area contributed by atoms with Crippen LogP contribution in [0.15, 0.2) is 37.3 Å². The predicted octanol–water partition coefficient (Wildman–Crippen LogP) is 2.06. The number of anilines is 1. The molecule has 10 heteroatoms.